The molecular weight excluding hydrogens is 306 g/mol. The highest BCUT2D eigenvalue weighted by atomic mass is 16.6. The summed E-state index contributed by atoms with van der Waals surface area (Å²) in [7, 11) is 0. The number of hydrogen-bond acceptors (Lipinski definition) is 5. The van der Waals surface area contributed by atoms with Gasteiger partial charge in [0.2, 0.25) is 0 Å². The molecule has 2 heterocycles. The Morgan fingerprint density at radius 1 is 1.33 bits per heavy atom. The van der Waals surface area contributed by atoms with Gasteiger partial charge in [-0.25, -0.2) is 9.48 Å². The van der Waals surface area contributed by atoms with Crippen molar-refractivity contribution in [2.75, 3.05) is 18.8 Å². The molecule has 7 nitrogen and oxygen atoms in total. The van der Waals surface area contributed by atoms with Gasteiger partial charge in [-0.15, -0.1) is 5.10 Å². The molecule has 7 heteroatoms. The van der Waals surface area contributed by atoms with Crippen LogP contribution in [0.4, 0.5) is 10.5 Å². The van der Waals surface area contributed by atoms with E-state index in [-0.39, 0.29) is 6.09 Å². The number of carbonyl (C=O) groups excluding carboxylic acids is 1. The first-order chi connectivity index (χ1) is 11.3. The van der Waals surface area contributed by atoms with Gasteiger partial charge in [-0.2, -0.15) is 0 Å². The highest BCUT2D eigenvalue weighted by Gasteiger charge is 2.27. The van der Waals surface area contributed by atoms with E-state index < -0.39 is 5.60 Å². The van der Waals surface area contributed by atoms with Gasteiger partial charge in [0.15, 0.2) is 0 Å². The third-order valence-electron chi connectivity index (χ3n) is 4.27. The minimum absolute atomic E-state index is 0.222. The summed E-state index contributed by atoms with van der Waals surface area (Å²) in [6.07, 6.45) is 1.64. The number of anilines is 1. The van der Waals surface area contributed by atoms with Crippen LogP contribution in [0.5, 0.6) is 0 Å². The van der Waals surface area contributed by atoms with E-state index in [1.165, 1.54) is 0 Å². The molecule has 1 aliphatic heterocycles. The zero-order valence-electron chi connectivity index (χ0n) is 14.5. The van der Waals surface area contributed by atoms with Crippen LogP contribution in [-0.4, -0.2) is 44.7 Å². The number of nitrogen functional groups attached to an aromatic ring is 1. The third kappa shape index (κ3) is 3.60. The van der Waals surface area contributed by atoms with Gasteiger partial charge in [0.1, 0.15) is 11.1 Å². The zero-order chi connectivity index (χ0) is 17.3. The monoisotopic (exact) mass is 331 g/mol. The first-order valence-corrected chi connectivity index (χ1v) is 8.39. The average Bonchev–Trinajstić information content (AvgIpc) is 2.91. The highest BCUT2D eigenvalue weighted by molar-refractivity contribution is 5.86. The lowest BCUT2D eigenvalue weighted by Crippen LogP contribution is -2.42. The zero-order valence-corrected chi connectivity index (χ0v) is 14.5. The molecule has 0 radical (unpaired) electrons. The minimum atomic E-state index is -0.451. The summed E-state index contributed by atoms with van der Waals surface area (Å²) in [4.78, 5) is 13.9. The number of nitrogens with two attached hydrogens (primary N) is 1. The Bertz CT molecular complexity index is 726. The van der Waals surface area contributed by atoms with Gasteiger partial charge in [-0.3, -0.25) is 0 Å². The first kappa shape index (κ1) is 16.5. The molecule has 1 aromatic carbocycles. The van der Waals surface area contributed by atoms with E-state index in [9.17, 15) is 4.79 Å². The average molecular weight is 331 g/mol. The Hall–Kier alpha value is -2.31. The molecule has 1 amide bonds. The summed E-state index contributed by atoms with van der Waals surface area (Å²) in [5.74, 6) is 0.468. The lowest BCUT2D eigenvalue weighted by atomic mass is 9.97. The van der Waals surface area contributed by atoms with Crippen molar-refractivity contribution < 1.29 is 9.53 Å². The second kappa shape index (κ2) is 6.30. The van der Waals surface area contributed by atoms with Crippen molar-refractivity contribution in [1.29, 1.82) is 0 Å². The van der Waals surface area contributed by atoms with Crippen molar-refractivity contribution in [2.24, 2.45) is 5.92 Å². The SMILES string of the molecule is CC(C)(C)OC(=O)N1CCC(Cn2nnc3c(N)cccc32)CC1. The van der Waals surface area contributed by atoms with Crippen LogP contribution in [0, 0.1) is 5.92 Å². The van der Waals surface area contributed by atoms with Crippen LogP contribution in [0.2, 0.25) is 0 Å². The maximum Gasteiger partial charge on any atom is 0.410 e. The number of piperidine rings is 1. The number of fused-ring (bicyclic) bond motifs is 1. The van der Waals surface area contributed by atoms with E-state index in [0.29, 0.717) is 24.7 Å². The number of benzene rings is 1. The summed E-state index contributed by atoms with van der Waals surface area (Å²) in [6, 6.07) is 5.74. The summed E-state index contributed by atoms with van der Waals surface area (Å²) < 4.78 is 7.35. The molecule has 1 aromatic heterocycles. The fourth-order valence-electron chi connectivity index (χ4n) is 3.02. The number of carbonyl (C=O) groups is 1. The largest absolute Gasteiger partial charge is 0.444 e. The van der Waals surface area contributed by atoms with Crippen LogP contribution >= 0.6 is 0 Å². The first-order valence-electron chi connectivity index (χ1n) is 8.39. The summed E-state index contributed by atoms with van der Waals surface area (Å²) in [6.45, 7) is 7.89. The Balaban J connectivity index is 1.59. The van der Waals surface area contributed by atoms with Crippen LogP contribution in [0.15, 0.2) is 18.2 Å². The molecule has 0 spiro atoms. The van der Waals surface area contributed by atoms with Gasteiger partial charge < -0.3 is 15.4 Å². The standard InChI is InChI=1S/C17H25N5O2/c1-17(2,3)24-16(23)21-9-7-12(8-10-21)11-22-14-6-4-5-13(18)15(14)19-20-22/h4-6,12H,7-11,18H2,1-3H3. The molecular formula is C17H25N5O2. The van der Waals surface area contributed by atoms with Gasteiger partial charge in [0.05, 0.1) is 11.2 Å². The molecule has 1 fully saturated rings. The molecule has 3 rings (SSSR count). The molecule has 2 aromatic rings. The van der Waals surface area contributed by atoms with Gasteiger partial charge in [0.25, 0.3) is 0 Å². The van der Waals surface area contributed by atoms with Crippen LogP contribution in [0.3, 0.4) is 0 Å². The molecule has 0 aliphatic carbocycles. The van der Waals surface area contributed by atoms with Crippen molar-refractivity contribution >= 4 is 22.8 Å². The van der Waals surface area contributed by atoms with E-state index in [1.54, 1.807) is 4.90 Å². The predicted molar refractivity (Wildman–Crippen MR) is 92.5 cm³/mol. The highest BCUT2D eigenvalue weighted by Crippen LogP contribution is 2.23. The number of ether oxygens (including phenoxy) is 1. The molecule has 24 heavy (non-hydrogen) atoms. The molecule has 2 N–H and O–H groups in total. The maximum absolute atomic E-state index is 12.1. The van der Waals surface area contributed by atoms with Gasteiger partial charge in [-0.1, -0.05) is 11.3 Å². The van der Waals surface area contributed by atoms with Crippen molar-refractivity contribution in [3.63, 3.8) is 0 Å². The van der Waals surface area contributed by atoms with E-state index in [2.05, 4.69) is 10.3 Å². The van der Waals surface area contributed by atoms with Crippen LogP contribution in [0.1, 0.15) is 33.6 Å². The molecule has 0 saturated carbocycles. The molecule has 0 atom stereocenters. The number of rotatable bonds is 2. The van der Waals surface area contributed by atoms with Crippen molar-refractivity contribution in [2.45, 2.75) is 45.8 Å². The fraction of sp³-hybridized carbons (Fsp3) is 0.588. The van der Waals surface area contributed by atoms with Gasteiger partial charge >= 0.3 is 6.09 Å². The number of amides is 1. The van der Waals surface area contributed by atoms with Crippen molar-refractivity contribution in [3.05, 3.63) is 18.2 Å². The Morgan fingerprint density at radius 3 is 2.71 bits per heavy atom. The Labute approximate surface area is 141 Å². The maximum atomic E-state index is 12.1. The van der Waals surface area contributed by atoms with Crippen molar-refractivity contribution in [1.82, 2.24) is 19.9 Å². The molecule has 0 unspecified atom stereocenters. The fourth-order valence-corrected chi connectivity index (χ4v) is 3.02. The van der Waals surface area contributed by atoms with E-state index >= 15 is 0 Å². The van der Waals surface area contributed by atoms with Gasteiger partial charge in [0, 0.05) is 19.6 Å². The molecule has 1 saturated heterocycles. The van der Waals surface area contributed by atoms with Gasteiger partial charge in [-0.05, 0) is 51.7 Å². The second-order valence-corrected chi connectivity index (χ2v) is 7.40. The lowest BCUT2D eigenvalue weighted by Gasteiger charge is -2.33. The predicted octanol–water partition coefficient (Wildman–Crippen LogP) is 2.66. The van der Waals surface area contributed by atoms with Crippen LogP contribution < -0.4 is 5.73 Å². The van der Waals surface area contributed by atoms with E-state index in [4.69, 9.17) is 10.5 Å². The quantitative estimate of drug-likeness (QED) is 0.855. The van der Waals surface area contributed by atoms with Crippen LogP contribution in [0.25, 0.3) is 11.0 Å². The smallest absolute Gasteiger partial charge is 0.410 e. The molecule has 130 valence electrons. The second-order valence-electron chi connectivity index (χ2n) is 7.40. The number of aromatic nitrogens is 3. The van der Waals surface area contributed by atoms with E-state index in [1.807, 2.05) is 43.7 Å². The third-order valence-corrected chi connectivity index (χ3v) is 4.27. The number of nitrogens with zero attached hydrogens (tertiary/aromatic N) is 4. The number of hydrogen-bond donors (Lipinski definition) is 1. The molecule has 1 aliphatic rings. The topological polar surface area (TPSA) is 86.3 Å². The summed E-state index contributed by atoms with van der Waals surface area (Å²) >= 11 is 0. The Morgan fingerprint density at radius 2 is 2.04 bits per heavy atom. The van der Waals surface area contributed by atoms with Crippen LogP contribution in [-0.2, 0) is 11.3 Å². The van der Waals surface area contributed by atoms with E-state index in [0.717, 1.165) is 30.4 Å². The minimum Gasteiger partial charge on any atom is -0.444 e. The summed E-state index contributed by atoms with van der Waals surface area (Å²) in [5, 5.41) is 8.40. The normalized spacial score (nSPS) is 16.5. The number of likely N-dealkylation sites (tertiary alicyclic amines) is 1. The molecule has 0 bridgehead atoms. The summed E-state index contributed by atoms with van der Waals surface area (Å²) in [5.41, 5.74) is 7.85. The lowest BCUT2D eigenvalue weighted by molar-refractivity contribution is 0.0177. The van der Waals surface area contributed by atoms with Crippen molar-refractivity contribution in [3.8, 4) is 0 Å². The Kier molecular flexibility index (Phi) is 4.34.